The number of hydrogen-bond donors (Lipinski definition) is 1. The third-order valence-electron chi connectivity index (χ3n) is 1.98. The zero-order chi connectivity index (χ0) is 12.3. The van der Waals surface area contributed by atoms with E-state index in [1.807, 2.05) is 0 Å². The first-order chi connectivity index (χ1) is 7.33. The highest BCUT2D eigenvalue weighted by Gasteiger charge is 2.40. The van der Waals surface area contributed by atoms with E-state index in [1.54, 1.807) is 19.1 Å². The Hall–Kier alpha value is -0.140. The lowest BCUT2D eigenvalue weighted by molar-refractivity contribution is -0.126. The summed E-state index contributed by atoms with van der Waals surface area (Å²) in [5.41, 5.74) is 0. The van der Waals surface area contributed by atoms with Crippen molar-refractivity contribution in [3.8, 4) is 0 Å². The van der Waals surface area contributed by atoms with Gasteiger partial charge in [-0.05, 0) is 35.0 Å². The Labute approximate surface area is 103 Å². The molecule has 16 heavy (non-hydrogen) atoms. The Morgan fingerprint density at radius 2 is 2.06 bits per heavy atom. The molecule has 0 aliphatic carbocycles. The van der Waals surface area contributed by atoms with Gasteiger partial charge in [-0.15, -0.1) is 11.3 Å². The summed E-state index contributed by atoms with van der Waals surface area (Å²) in [5, 5.41) is 2.39. The minimum absolute atomic E-state index is 0.374. The molecule has 92 valence electrons. The average molecular weight is 320 g/mol. The highest BCUT2D eigenvalue weighted by atomic mass is 79.9. The van der Waals surface area contributed by atoms with Gasteiger partial charge in [-0.2, -0.15) is 8.78 Å². The molecule has 0 amide bonds. The van der Waals surface area contributed by atoms with Crippen LogP contribution in [0.4, 0.5) is 17.6 Å². The van der Waals surface area contributed by atoms with E-state index in [2.05, 4.69) is 21.2 Å². The number of alkyl halides is 4. The maximum atomic E-state index is 12.6. The van der Waals surface area contributed by atoms with E-state index in [4.69, 9.17) is 0 Å². The van der Waals surface area contributed by atoms with Gasteiger partial charge in [0.25, 0.3) is 0 Å². The largest absolute Gasteiger partial charge is 0.319 e. The molecule has 0 saturated carbocycles. The van der Waals surface area contributed by atoms with Crippen molar-refractivity contribution in [2.24, 2.45) is 0 Å². The van der Waals surface area contributed by atoms with E-state index in [-0.39, 0.29) is 6.04 Å². The van der Waals surface area contributed by atoms with Crippen LogP contribution in [0.25, 0.3) is 0 Å². The van der Waals surface area contributed by atoms with Gasteiger partial charge in [0, 0.05) is 10.9 Å². The van der Waals surface area contributed by atoms with E-state index in [1.165, 1.54) is 11.3 Å². The first kappa shape index (κ1) is 13.9. The monoisotopic (exact) mass is 319 g/mol. The Bertz CT molecular complexity index is 342. The summed E-state index contributed by atoms with van der Waals surface area (Å²) in [6.07, 6.45) is -3.64. The van der Waals surface area contributed by atoms with Gasteiger partial charge < -0.3 is 5.32 Å². The predicted octanol–water partition coefficient (Wildman–Crippen LogP) is 4.06. The first-order valence-corrected chi connectivity index (χ1v) is 6.08. The molecule has 0 spiro atoms. The minimum Gasteiger partial charge on any atom is -0.304 e. The molecule has 0 aliphatic rings. The second-order valence-electron chi connectivity index (χ2n) is 3.31. The molecule has 1 rings (SSSR count). The molecule has 1 unspecified atom stereocenters. The van der Waals surface area contributed by atoms with Crippen LogP contribution in [-0.2, 0) is 0 Å². The molecule has 7 heteroatoms. The van der Waals surface area contributed by atoms with Gasteiger partial charge in [0.1, 0.15) is 0 Å². The maximum Gasteiger partial charge on any atom is 0.319 e. The molecule has 1 aromatic heterocycles. The number of rotatable bonds is 5. The third-order valence-corrected chi connectivity index (χ3v) is 3.79. The van der Waals surface area contributed by atoms with Crippen LogP contribution in [0.5, 0.6) is 0 Å². The lowest BCUT2D eigenvalue weighted by atomic mass is 10.2. The lowest BCUT2D eigenvalue weighted by Gasteiger charge is -2.19. The van der Waals surface area contributed by atoms with Crippen LogP contribution >= 0.6 is 27.3 Å². The molecular formula is C9H10BrF4NS. The van der Waals surface area contributed by atoms with E-state index in [0.29, 0.717) is 0 Å². The molecule has 0 aromatic carbocycles. The maximum absolute atomic E-state index is 12.6. The summed E-state index contributed by atoms with van der Waals surface area (Å²) in [4.78, 5) is 0.817. The summed E-state index contributed by atoms with van der Waals surface area (Å²) in [6.45, 7) is 0.626. The van der Waals surface area contributed by atoms with Crippen molar-refractivity contribution < 1.29 is 17.6 Å². The molecular weight excluding hydrogens is 310 g/mol. The van der Waals surface area contributed by atoms with Crippen LogP contribution in [-0.4, -0.2) is 18.9 Å². The summed E-state index contributed by atoms with van der Waals surface area (Å²) >= 11 is 4.61. The number of hydrogen-bond acceptors (Lipinski definition) is 2. The predicted molar refractivity (Wildman–Crippen MR) is 59.4 cm³/mol. The van der Waals surface area contributed by atoms with Crippen molar-refractivity contribution in [3.05, 3.63) is 20.8 Å². The molecule has 1 N–H and O–H groups in total. The van der Waals surface area contributed by atoms with E-state index in [9.17, 15) is 17.6 Å². The van der Waals surface area contributed by atoms with Gasteiger partial charge in [-0.1, -0.05) is 0 Å². The zero-order valence-corrected chi connectivity index (χ0v) is 10.7. The van der Waals surface area contributed by atoms with Crippen molar-refractivity contribution in [2.75, 3.05) is 6.54 Å². The van der Waals surface area contributed by atoms with Gasteiger partial charge in [-0.3, -0.25) is 0 Å². The molecule has 1 atom stereocenters. The van der Waals surface area contributed by atoms with E-state index in [0.717, 1.165) is 8.66 Å². The fraction of sp³-hybridized carbons (Fsp3) is 0.556. The van der Waals surface area contributed by atoms with Crippen LogP contribution in [0.15, 0.2) is 15.9 Å². The van der Waals surface area contributed by atoms with Crippen molar-refractivity contribution in [1.82, 2.24) is 5.32 Å². The van der Waals surface area contributed by atoms with Crippen molar-refractivity contribution >= 4 is 27.3 Å². The van der Waals surface area contributed by atoms with E-state index >= 15 is 0 Å². The van der Waals surface area contributed by atoms with Crippen molar-refractivity contribution in [1.29, 1.82) is 0 Å². The van der Waals surface area contributed by atoms with E-state index < -0.39 is 18.9 Å². The lowest BCUT2D eigenvalue weighted by Crippen LogP contribution is -2.39. The highest BCUT2D eigenvalue weighted by Crippen LogP contribution is 2.28. The molecule has 1 aromatic rings. The minimum atomic E-state index is -3.98. The average Bonchev–Trinajstić information content (AvgIpc) is 2.61. The Morgan fingerprint density at radius 1 is 1.44 bits per heavy atom. The molecule has 0 radical (unpaired) electrons. The molecule has 1 nitrogen and oxygen atoms in total. The van der Waals surface area contributed by atoms with Gasteiger partial charge in [0.2, 0.25) is 0 Å². The van der Waals surface area contributed by atoms with Gasteiger partial charge in [-0.25, -0.2) is 8.78 Å². The van der Waals surface area contributed by atoms with Crippen LogP contribution in [0, 0.1) is 0 Å². The van der Waals surface area contributed by atoms with Crippen molar-refractivity contribution in [2.45, 2.75) is 25.3 Å². The quantitative estimate of drug-likeness (QED) is 0.807. The van der Waals surface area contributed by atoms with Crippen LogP contribution in [0.3, 0.4) is 0 Å². The summed E-state index contributed by atoms with van der Waals surface area (Å²) in [5.74, 6) is -3.98. The fourth-order valence-electron chi connectivity index (χ4n) is 1.03. The molecule has 0 aliphatic heterocycles. The zero-order valence-electron chi connectivity index (χ0n) is 8.31. The Kier molecular flexibility index (Phi) is 4.75. The number of nitrogens with one attached hydrogen (secondary N) is 1. The van der Waals surface area contributed by atoms with Crippen molar-refractivity contribution in [3.63, 3.8) is 0 Å². The first-order valence-electron chi connectivity index (χ1n) is 4.47. The summed E-state index contributed by atoms with van der Waals surface area (Å²) < 4.78 is 49.8. The molecule has 0 saturated heterocycles. The number of thiophene rings is 1. The van der Waals surface area contributed by atoms with Crippen LogP contribution < -0.4 is 5.32 Å². The molecule has 0 fully saturated rings. The van der Waals surface area contributed by atoms with Gasteiger partial charge in [0.05, 0.1) is 10.3 Å². The standard InChI is InChI=1S/C9H10BrF4NS/c1-5(6-2-3-7(10)16-6)15-4-9(13,14)8(11)12/h2-3,5,8,15H,4H2,1H3. The third kappa shape index (κ3) is 3.71. The molecule has 1 heterocycles. The number of halogens is 5. The Morgan fingerprint density at radius 3 is 2.50 bits per heavy atom. The summed E-state index contributed by atoms with van der Waals surface area (Å²) in [7, 11) is 0. The second kappa shape index (κ2) is 5.46. The Balaban J connectivity index is 2.50. The SMILES string of the molecule is CC(NCC(F)(F)C(F)F)c1ccc(Br)s1. The second-order valence-corrected chi connectivity index (χ2v) is 5.80. The van der Waals surface area contributed by atoms with Crippen LogP contribution in [0.2, 0.25) is 0 Å². The summed E-state index contributed by atoms with van der Waals surface area (Å²) in [6, 6.07) is 3.16. The van der Waals surface area contributed by atoms with Crippen LogP contribution in [0.1, 0.15) is 17.8 Å². The smallest absolute Gasteiger partial charge is 0.304 e. The fourth-order valence-corrected chi connectivity index (χ4v) is 2.48. The molecule has 0 bridgehead atoms. The highest BCUT2D eigenvalue weighted by molar-refractivity contribution is 9.11. The topological polar surface area (TPSA) is 12.0 Å². The van der Waals surface area contributed by atoms with Gasteiger partial charge in [0.15, 0.2) is 0 Å². The van der Waals surface area contributed by atoms with Gasteiger partial charge >= 0.3 is 12.3 Å². The normalized spacial score (nSPS) is 14.4.